The topological polar surface area (TPSA) is 44.5 Å². The van der Waals surface area contributed by atoms with Gasteiger partial charge in [0.05, 0.1) is 12.7 Å². The van der Waals surface area contributed by atoms with E-state index < -0.39 is 0 Å². The Balaban J connectivity index is 2.07. The van der Waals surface area contributed by atoms with Crippen LogP contribution in [0.25, 0.3) is 0 Å². The monoisotopic (exact) mass is 277 g/mol. The highest BCUT2D eigenvalue weighted by Crippen LogP contribution is 2.34. The second-order valence-corrected chi connectivity index (χ2v) is 5.60. The molecule has 1 aromatic carbocycles. The first-order valence-electron chi connectivity index (χ1n) is 7.89. The van der Waals surface area contributed by atoms with Crippen molar-refractivity contribution in [3.63, 3.8) is 0 Å². The number of ether oxygens (including phenoxy) is 2. The molecule has 3 heteroatoms. The van der Waals surface area contributed by atoms with Gasteiger partial charge in [0.2, 0.25) is 0 Å². The van der Waals surface area contributed by atoms with Crippen molar-refractivity contribution in [2.24, 2.45) is 11.7 Å². The van der Waals surface area contributed by atoms with E-state index in [0.29, 0.717) is 19.3 Å². The van der Waals surface area contributed by atoms with Crippen molar-refractivity contribution in [1.82, 2.24) is 0 Å². The summed E-state index contributed by atoms with van der Waals surface area (Å²) in [6, 6.07) is 6.03. The molecule has 2 unspecified atom stereocenters. The molecule has 2 atom stereocenters. The fourth-order valence-electron chi connectivity index (χ4n) is 2.94. The quantitative estimate of drug-likeness (QED) is 0.858. The van der Waals surface area contributed by atoms with Crippen LogP contribution < -0.4 is 15.2 Å². The lowest BCUT2D eigenvalue weighted by Crippen LogP contribution is -2.25. The molecule has 0 aromatic heterocycles. The van der Waals surface area contributed by atoms with Crippen LogP contribution >= 0.6 is 0 Å². The van der Waals surface area contributed by atoms with E-state index in [1.165, 1.54) is 25.7 Å². The van der Waals surface area contributed by atoms with Gasteiger partial charge in [-0.1, -0.05) is 25.8 Å². The Morgan fingerprint density at radius 1 is 1.20 bits per heavy atom. The van der Waals surface area contributed by atoms with E-state index in [2.05, 4.69) is 6.92 Å². The molecule has 1 aliphatic carbocycles. The lowest BCUT2D eigenvalue weighted by molar-refractivity contribution is 0.117. The molecule has 0 amide bonds. The van der Waals surface area contributed by atoms with Gasteiger partial charge in [-0.05, 0) is 49.8 Å². The maximum atomic E-state index is 6.20. The van der Waals surface area contributed by atoms with E-state index in [1.807, 2.05) is 25.1 Å². The third-order valence-electron chi connectivity index (χ3n) is 4.15. The molecular formula is C17H27NO2. The number of hydrogen-bond donors (Lipinski definition) is 1. The van der Waals surface area contributed by atoms with Gasteiger partial charge in [0, 0.05) is 6.54 Å². The van der Waals surface area contributed by atoms with Crippen LogP contribution in [0.4, 0.5) is 0 Å². The van der Waals surface area contributed by atoms with Gasteiger partial charge in [-0.15, -0.1) is 0 Å². The molecule has 2 N–H and O–H groups in total. The molecule has 0 radical (unpaired) electrons. The third kappa shape index (κ3) is 3.89. The van der Waals surface area contributed by atoms with Crippen molar-refractivity contribution in [3.8, 4) is 11.5 Å². The van der Waals surface area contributed by atoms with Crippen LogP contribution in [0.1, 0.15) is 51.5 Å². The second-order valence-electron chi connectivity index (χ2n) is 5.60. The molecule has 20 heavy (non-hydrogen) atoms. The molecule has 1 fully saturated rings. The summed E-state index contributed by atoms with van der Waals surface area (Å²) < 4.78 is 11.9. The van der Waals surface area contributed by atoms with E-state index in [1.54, 1.807) is 0 Å². The standard InChI is InChI=1S/C17H27NO2/c1-3-13-6-5-7-15(10-13)20-16-9-8-14(12-18)11-17(16)19-4-2/h8-9,11,13,15H,3-7,10,12,18H2,1-2H3. The Hall–Kier alpha value is -1.22. The van der Waals surface area contributed by atoms with E-state index >= 15 is 0 Å². The molecule has 0 spiro atoms. The van der Waals surface area contributed by atoms with Crippen LogP contribution in [-0.4, -0.2) is 12.7 Å². The number of hydrogen-bond acceptors (Lipinski definition) is 3. The van der Waals surface area contributed by atoms with Gasteiger partial charge in [-0.3, -0.25) is 0 Å². The summed E-state index contributed by atoms with van der Waals surface area (Å²) in [5, 5.41) is 0. The highest BCUT2D eigenvalue weighted by Gasteiger charge is 2.23. The van der Waals surface area contributed by atoms with E-state index in [9.17, 15) is 0 Å². The lowest BCUT2D eigenvalue weighted by atomic mass is 9.85. The Kier molecular flexibility index (Phi) is 5.72. The maximum Gasteiger partial charge on any atom is 0.161 e. The summed E-state index contributed by atoms with van der Waals surface area (Å²) in [7, 11) is 0. The largest absolute Gasteiger partial charge is 0.490 e. The van der Waals surface area contributed by atoms with Gasteiger partial charge in [0.25, 0.3) is 0 Å². The van der Waals surface area contributed by atoms with Gasteiger partial charge in [0.15, 0.2) is 11.5 Å². The van der Waals surface area contributed by atoms with Crippen LogP contribution in [0.3, 0.4) is 0 Å². The first-order chi connectivity index (χ1) is 9.76. The predicted molar refractivity (Wildman–Crippen MR) is 82.2 cm³/mol. The molecule has 0 aliphatic heterocycles. The highest BCUT2D eigenvalue weighted by atomic mass is 16.5. The van der Waals surface area contributed by atoms with Crippen molar-refractivity contribution in [3.05, 3.63) is 23.8 Å². The Labute approximate surface area is 122 Å². The van der Waals surface area contributed by atoms with Crippen LogP contribution in [0.2, 0.25) is 0 Å². The summed E-state index contributed by atoms with van der Waals surface area (Å²) in [6.07, 6.45) is 6.53. The molecule has 1 saturated carbocycles. The average molecular weight is 277 g/mol. The first-order valence-corrected chi connectivity index (χ1v) is 7.89. The number of nitrogens with two attached hydrogens (primary N) is 1. The van der Waals surface area contributed by atoms with E-state index in [0.717, 1.165) is 29.4 Å². The summed E-state index contributed by atoms with van der Waals surface area (Å²) in [5.74, 6) is 2.51. The number of rotatable bonds is 6. The lowest BCUT2D eigenvalue weighted by Gasteiger charge is -2.29. The van der Waals surface area contributed by atoms with Crippen molar-refractivity contribution < 1.29 is 9.47 Å². The zero-order valence-electron chi connectivity index (χ0n) is 12.7. The normalized spacial score (nSPS) is 22.6. The minimum Gasteiger partial charge on any atom is -0.490 e. The minimum absolute atomic E-state index is 0.330. The van der Waals surface area contributed by atoms with E-state index in [-0.39, 0.29) is 0 Å². The molecule has 1 aromatic rings. The molecular weight excluding hydrogens is 250 g/mol. The van der Waals surface area contributed by atoms with Crippen LogP contribution in [0.15, 0.2) is 18.2 Å². The fourth-order valence-corrected chi connectivity index (χ4v) is 2.94. The van der Waals surface area contributed by atoms with Crippen molar-refractivity contribution in [2.45, 2.75) is 58.6 Å². The van der Waals surface area contributed by atoms with Crippen molar-refractivity contribution in [1.29, 1.82) is 0 Å². The Morgan fingerprint density at radius 3 is 2.75 bits per heavy atom. The summed E-state index contributed by atoms with van der Waals surface area (Å²) >= 11 is 0. The second kappa shape index (κ2) is 7.53. The molecule has 112 valence electrons. The van der Waals surface area contributed by atoms with Gasteiger partial charge in [-0.2, -0.15) is 0 Å². The van der Waals surface area contributed by atoms with Gasteiger partial charge in [-0.25, -0.2) is 0 Å². The summed E-state index contributed by atoms with van der Waals surface area (Å²) in [6.45, 7) is 5.44. The molecule has 3 nitrogen and oxygen atoms in total. The maximum absolute atomic E-state index is 6.20. The highest BCUT2D eigenvalue weighted by molar-refractivity contribution is 5.43. The first kappa shape index (κ1) is 15.2. The molecule has 0 heterocycles. The molecule has 2 rings (SSSR count). The van der Waals surface area contributed by atoms with Crippen LogP contribution in [0.5, 0.6) is 11.5 Å². The SMILES string of the molecule is CCOc1cc(CN)ccc1OC1CCCC(CC)C1. The summed E-state index contributed by atoms with van der Waals surface area (Å²) in [5.41, 5.74) is 6.77. The van der Waals surface area contributed by atoms with Crippen LogP contribution in [-0.2, 0) is 6.54 Å². The van der Waals surface area contributed by atoms with Gasteiger partial charge < -0.3 is 15.2 Å². The van der Waals surface area contributed by atoms with Gasteiger partial charge >= 0.3 is 0 Å². The smallest absolute Gasteiger partial charge is 0.161 e. The molecule has 0 saturated heterocycles. The third-order valence-corrected chi connectivity index (χ3v) is 4.15. The Morgan fingerprint density at radius 2 is 2.05 bits per heavy atom. The van der Waals surface area contributed by atoms with Crippen molar-refractivity contribution in [2.75, 3.05) is 6.61 Å². The molecule has 1 aliphatic rings. The Bertz CT molecular complexity index is 419. The van der Waals surface area contributed by atoms with Crippen LogP contribution in [0, 0.1) is 5.92 Å². The van der Waals surface area contributed by atoms with E-state index in [4.69, 9.17) is 15.2 Å². The van der Waals surface area contributed by atoms with Gasteiger partial charge in [0.1, 0.15) is 0 Å². The number of benzene rings is 1. The molecule has 0 bridgehead atoms. The average Bonchev–Trinajstić information content (AvgIpc) is 2.49. The van der Waals surface area contributed by atoms with Crippen molar-refractivity contribution >= 4 is 0 Å². The minimum atomic E-state index is 0.330. The summed E-state index contributed by atoms with van der Waals surface area (Å²) in [4.78, 5) is 0. The zero-order chi connectivity index (χ0) is 14.4. The fraction of sp³-hybridized carbons (Fsp3) is 0.647. The predicted octanol–water partition coefficient (Wildman–Crippen LogP) is 3.89. The zero-order valence-corrected chi connectivity index (χ0v) is 12.7.